The summed E-state index contributed by atoms with van der Waals surface area (Å²) in [7, 11) is 0. The maximum Gasteiger partial charge on any atom is 0.226 e. The zero-order valence-corrected chi connectivity index (χ0v) is 13.1. The van der Waals surface area contributed by atoms with E-state index in [9.17, 15) is 4.79 Å². The van der Waals surface area contributed by atoms with E-state index in [1.54, 1.807) is 0 Å². The number of carbonyl (C=O) groups excluding carboxylic acids is 1. The minimum Gasteiger partial charge on any atom is -0.353 e. The number of hydrogen-bond donors (Lipinski definition) is 4. The zero-order chi connectivity index (χ0) is 14.6. The fourth-order valence-corrected chi connectivity index (χ4v) is 5.01. The molecule has 1 saturated carbocycles. The molecule has 1 aliphatic carbocycles. The lowest BCUT2D eigenvalue weighted by Gasteiger charge is -2.37. The molecule has 0 radical (unpaired) electrons. The second kappa shape index (κ2) is 4.93. The lowest BCUT2D eigenvalue weighted by atomic mass is 9.69. The first-order chi connectivity index (χ1) is 10.1. The molecule has 0 aromatic carbocycles. The van der Waals surface area contributed by atoms with Crippen LogP contribution in [0, 0.1) is 17.3 Å². The molecule has 0 spiro atoms. The van der Waals surface area contributed by atoms with Crippen molar-refractivity contribution in [2.45, 2.75) is 63.8 Å². The summed E-state index contributed by atoms with van der Waals surface area (Å²) in [4.78, 5) is 12.1. The van der Waals surface area contributed by atoms with E-state index in [2.05, 4.69) is 35.1 Å². The van der Waals surface area contributed by atoms with Crippen molar-refractivity contribution in [2.24, 2.45) is 17.3 Å². The molecule has 21 heavy (non-hydrogen) atoms. The van der Waals surface area contributed by atoms with Crippen LogP contribution >= 0.6 is 0 Å². The Labute approximate surface area is 127 Å². The molecule has 5 heteroatoms. The van der Waals surface area contributed by atoms with E-state index in [0.717, 1.165) is 31.8 Å². The maximum absolute atomic E-state index is 12.1. The van der Waals surface area contributed by atoms with Gasteiger partial charge in [0.1, 0.15) is 0 Å². The molecule has 0 aromatic heterocycles. The van der Waals surface area contributed by atoms with E-state index in [-0.39, 0.29) is 11.3 Å². The van der Waals surface area contributed by atoms with Gasteiger partial charge >= 0.3 is 0 Å². The van der Waals surface area contributed by atoms with E-state index in [1.807, 2.05) is 0 Å². The first-order valence-corrected chi connectivity index (χ1v) is 8.59. The third kappa shape index (κ3) is 2.21. The molecule has 5 nitrogen and oxygen atoms in total. The Morgan fingerprint density at radius 3 is 2.38 bits per heavy atom. The summed E-state index contributed by atoms with van der Waals surface area (Å²) in [5.74, 6) is 1.47. The van der Waals surface area contributed by atoms with Gasteiger partial charge in [-0.25, -0.2) is 0 Å². The molecule has 5 atom stereocenters. The van der Waals surface area contributed by atoms with E-state index in [0.29, 0.717) is 30.2 Å². The summed E-state index contributed by atoms with van der Waals surface area (Å²) in [5.41, 5.74) is -0.204. The Kier molecular flexibility index (Phi) is 3.28. The van der Waals surface area contributed by atoms with Crippen LogP contribution in [0.15, 0.2) is 0 Å². The van der Waals surface area contributed by atoms with Crippen LogP contribution < -0.4 is 21.3 Å². The lowest BCUT2D eigenvalue weighted by Crippen LogP contribution is -2.48. The number of hydrogen-bond acceptors (Lipinski definition) is 4. The molecule has 1 amide bonds. The van der Waals surface area contributed by atoms with Gasteiger partial charge in [-0.3, -0.25) is 15.4 Å². The SMILES string of the molecule is CC1(C)C(=O)NC2CC3NC(C4CCNCC4)NC3CC21. The van der Waals surface area contributed by atoms with Crippen molar-refractivity contribution in [3.63, 3.8) is 0 Å². The molecule has 5 unspecified atom stereocenters. The molecule has 4 rings (SSSR count). The highest BCUT2D eigenvalue weighted by Gasteiger charge is 2.54. The van der Waals surface area contributed by atoms with Gasteiger partial charge in [0.2, 0.25) is 5.91 Å². The van der Waals surface area contributed by atoms with Crippen LogP contribution in [0.3, 0.4) is 0 Å². The van der Waals surface area contributed by atoms with Gasteiger partial charge in [-0.05, 0) is 50.6 Å². The number of piperidine rings is 1. The van der Waals surface area contributed by atoms with E-state index < -0.39 is 0 Å². The molecule has 4 N–H and O–H groups in total. The van der Waals surface area contributed by atoms with Crippen molar-refractivity contribution in [2.75, 3.05) is 13.1 Å². The third-order valence-corrected chi connectivity index (χ3v) is 6.46. The highest BCUT2D eigenvalue weighted by Crippen LogP contribution is 2.44. The number of fused-ring (bicyclic) bond motifs is 2. The van der Waals surface area contributed by atoms with Crippen LogP contribution in [-0.4, -0.2) is 43.3 Å². The van der Waals surface area contributed by atoms with Gasteiger partial charge in [0.05, 0.1) is 6.17 Å². The Bertz CT molecular complexity index is 432. The van der Waals surface area contributed by atoms with E-state index in [1.165, 1.54) is 12.8 Å². The van der Waals surface area contributed by atoms with Crippen LogP contribution in [0.2, 0.25) is 0 Å². The van der Waals surface area contributed by atoms with Gasteiger partial charge in [-0.15, -0.1) is 0 Å². The Balaban J connectivity index is 1.45. The maximum atomic E-state index is 12.1. The number of carbonyl (C=O) groups is 1. The molecular formula is C16H28N4O. The summed E-state index contributed by atoms with van der Waals surface area (Å²) in [6.07, 6.45) is 5.20. The average molecular weight is 292 g/mol. The van der Waals surface area contributed by atoms with Gasteiger partial charge in [0, 0.05) is 23.5 Å². The molecule has 3 saturated heterocycles. The standard InChI is InChI=1S/C16H28N4O/c1-16(2)10-7-12-13(8-11(10)20-15(16)21)19-14(18-12)9-3-5-17-6-4-9/h9-14,17-19H,3-8H2,1-2H3,(H,20,21). The van der Waals surface area contributed by atoms with Crippen LogP contribution in [0.4, 0.5) is 0 Å². The van der Waals surface area contributed by atoms with Crippen molar-refractivity contribution in [1.82, 2.24) is 21.3 Å². The zero-order valence-electron chi connectivity index (χ0n) is 13.1. The van der Waals surface area contributed by atoms with Crippen molar-refractivity contribution in [3.05, 3.63) is 0 Å². The van der Waals surface area contributed by atoms with Gasteiger partial charge in [0.25, 0.3) is 0 Å². The summed E-state index contributed by atoms with van der Waals surface area (Å²) in [6, 6.07) is 1.44. The normalized spacial score (nSPS) is 46.0. The summed E-state index contributed by atoms with van der Waals surface area (Å²) >= 11 is 0. The molecule has 4 aliphatic rings. The van der Waals surface area contributed by atoms with Crippen LogP contribution in [0.25, 0.3) is 0 Å². The highest BCUT2D eigenvalue weighted by atomic mass is 16.2. The molecule has 3 aliphatic heterocycles. The highest BCUT2D eigenvalue weighted by molar-refractivity contribution is 5.85. The second-order valence-electron chi connectivity index (χ2n) is 7.99. The number of nitrogens with one attached hydrogen (secondary N) is 4. The van der Waals surface area contributed by atoms with Crippen molar-refractivity contribution in [1.29, 1.82) is 0 Å². The Morgan fingerprint density at radius 2 is 1.67 bits per heavy atom. The molecule has 3 heterocycles. The molecular weight excluding hydrogens is 264 g/mol. The lowest BCUT2D eigenvalue weighted by molar-refractivity contribution is -0.127. The molecule has 0 aromatic rings. The third-order valence-electron chi connectivity index (χ3n) is 6.46. The first kappa shape index (κ1) is 14.0. The first-order valence-electron chi connectivity index (χ1n) is 8.59. The van der Waals surface area contributed by atoms with E-state index >= 15 is 0 Å². The smallest absolute Gasteiger partial charge is 0.226 e. The van der Waals surface area contributed by atoms with Crippen LogP contribution in [0.5, 0.6) is 0 Å². The monoisotopic (exact) mass is 292 g/mol. The van der Waals surface area contributed by atoms with Crippen LogP contribution in [0.1, 0.15) is 39.5 Å². The quantitative estimate of drug-likeness (QED) is 0.557. The predicted octanol–water partition coefficient (Wildman–Crippen LogP) is 0.177. The van der Waals surface area contributed by atoms with Crippen molar-refractivity contribution >= 4 is 5.91 Å². The predicted molar refractivity (Wildman–Crippen MR) is 81.7 cm³/mol. The van der Waals surface area contributed by atoms with Gasteiger partial charge in [0.15, 0.2) is 0 Å². The van der Waals surface area contributed by atoms with E-state index in [4.69, 9.17) is 0 Å². The summed E-state index contributed by atoms with van der Waals surface area (Å²) in [5, 5.41) is 14.4. The molecule has 0 bridgehead atoms. The minimum atomic E-state index is -0.204. The molecule has 118 valence electrons. The number of rotatable bonds is 1. The topological polar surface area (TPSA) is 65.2 Å². The second-order valence-corrected chi connectivity index (χ2v) is 7.99. The van der Waals surface area contributed by atoms with Crippen molar-refractivity contribution < 1.29 is 4.79 Å². The minimum absolute atomic E-state index is 0.204. The average Bonchev–Trinajstić information content (AvgIpc) is 2.98. The Morgan fingerprint density at radius 1 is 1.00 bits per heavy atom. The fourth-order valence-electron chi connectivity index (χ4n) is 5.01. The fraction of sp³-hybridized carbons (Fsp3) is 0.938. The summed E-state index contributed by atoms with van der Waals surface area (Å²) in [6.45, 7) is 6.52. The summed E-state index contributed by atoms with van der Waals surface area (Å²) < 4.78 is 0. The van der Waals surface area contributed by atoms with Gasteiger partial charge < -0.3 is 10.6 Å². The largest absolute Gasteiger partial charge is 0.353 e. The number of amides is 1. The van der Waals surface area contributed by atoms with Crippen LogP contribution in [-0.2, 0) is 4.79 Å². The van der Waals surface area contributed by atoms with Crippen molar-refractivity contribution in [3.8, 4) is 0 Å². The van der Waals surface area contributed by atoms with Gasteiger partial charge in [-0.2, -0.15) is 0 Å². The molecule has 4 fully saturated rings. The van der Waals surface area contributed by atoms with Gasteiger partial charge in [-0.1, -0.05) is 13.8 Å². The Hall–Kier alpha value is -0.650.